The highest BCUT2D eigenvalue weighted by atomic mass is 19.3. The van der Waals surface area contributed by atoms with Gasteiger partial charge in [-0.3, -0.25) is 4.90 Å². The Morgan fingerprint density at radius 3 is 2.38 bits per heavy atom. The number of para-hydroxylation sites is 1. The predicted molar refractivity (Wildman–Crippen MR) is 149 cm³/mol. The number of fused-ring (bicyclic) bond motifs is 3. The summed E-state index contributed by atoms with van der Waals surface area (Å²) in [7, 11) is 0. The van der Waals surface area contributed by atoms with E-state index in [1.54, 1.807) is 0 Å². The summed E-state index contributed by atoms with van der Waals surface area (Å²) in [6, 6.07) is 12.1. The molecular weight excluding hydrogens is 504 g/mol. The number of hydrogen-bond donors (Lipinski definition) is 2. The van der Waals surface area contributed by atoms with Crippen LogP contribution in [0.3, 0.4) is 0 Å². The molecule has 8 heteroatoms. The van der Waals surface area contributed by atoms with Gasteiger partial charge in [-0.15, -0.1) is 0 Å². The van der Waals surface area contributed by atoms with Crippen molar-refractivity contribution in [2.75, 3.05) is 37.6 Å². The van der Waals surface area contributed by atoms with Gasteiger partial charge in [0.15, 0.2) is 0 Å². The fraction of sp³-hybridized carbons (Fsp3) is 0.548. The summed E-state index contributed by atoms with van der Waals surface area (Å²) < 4.78 is 53.1. The molecule has 6 rings (SSSR count). The zero-order valence-corrected chi connectivity index (χ0v) is 23.0. The van der Waals surface area contributed by atoms with E-state index in [1.807, 2.05) is 30.0 Å². The monoisotopic (exact) mass is 544 g/mol. The lowest BCUT2D eigenvalue weighted by Gasteiger charge is -2.34. The zero-order chi connectivity index (χ0) is 27.6. The van der Waals surface area contributed by atoms with E-state index < -0.39 is 17.6 Å². The Bertz CT molecular complexity index is 1240. The highest BCUT2D eigenvalue weighted by Crippen LogP contribution is 2.42. The molecule has 1 atom stereocenters. The first kappa shape index (κ1) is 28.0. The molecule has 2 fully saturated rings. The highest BCUT2D eigenvalue weighted by Gasteiger charge is 2.38. The fourth-order valence-electron chi connectivity index (χ4n) is 6.69. The Morgan fingerprint density at radius 1 is 1.00 bits per heavy atom. The molecule has 1 spiro atoms. The van der Waals surface area contributed by atoms with Crippen LogP contribution in [0.15, 0.2) is 42.5 Å². The number of hydrogen-bond acceptors (Lipinski definition) is 3. The van der Waals surface area contributed by atoms with Crippen LogP contribution in [0.4, 0.5) is 23.2 Å². The summed E-state index contributed by atoms with van der Waals surface area (Å²) in [6.07, 6.45) is 6.81. The summed E-state index contributed by atoms with van der Waals surface area (Å²) in [5, 5.41) is 4.67. The van der Waals surface area contributed by atoms with Gasteiger partial charge in [0.2, 0.25) is 0 Å². The first-order valence-electron chi connectivity index (χ1n) is 14.2. The SMILES string of the molecule is CC1Cc2c([nH]c3ccccc23)CN1CC(C)(F)F.Fc1cc(F)cc(N2CCC3(CCCNCCC3)C2)c1. The maximum Gasteiger partial charge on any atom is 0.257 e. The van der Waals surface area contributed by atoms with E-state index in [0.29, 0.717) is 17.6 Å². The molecule has 2 N–H and O–H groups in total. The summed E-state index contributed by atoms with van der Waals surface area (Å²) in [6.45, 7) is 7.45. The molecule has 0 saturated carbocycles. The summed E-state index contributed by atoms with van der Waals surface area (Å²) in [5.41, 5.74) is 4.52. The van der Waals surface area contributed by atoms with Crippen molar-refractivity contribution in [3.8, 4) is 0 Å². The van der Waals surface area contributed by atoms with Crippen LogP contribution in [0.5, 0.6) is 0 Å². The van der Waals surface area contributed by atoms with Crippen LogP contribution in [-0.2, 0) is 13.0 Å². The lowest BCUT2D eigenvalue weighted by atomic mass is 9.77. The minimum Gasteiger partial charge on any atom is -0.371 e. The number of nitrogens with zero attached hydrogens (tertiary/aromatic N) is 2. The molecule has 4 heterocycles. The summed E-state index contributed by atoms with van der Waals surface area (Å²) in [4.78, 5) is 7.38. The normalized spacial score (nSPS) is 21.8. The van der Waals surface area contributed by atoms with Crippen LogP contribution < -0.4 is 10.2 Å². The van der Waals surface area contributed by atoms with E-state index in [4.69, 9.17) is 0 Å². The van der Waals surface area contributed by atoms with Gasteiger partial charge < -0.3 is 15.2 Å². The number of nitrogens with one attached hydrogen (secondary N) is 2. The molecule has 3 aromatic rings. The second-order valence-electron chi connectivity index (χ2n) is 11.9. The second kappa shape index (κ2) is 11.5. The van der Waals surface area contributed by atoms with Gasteiger partial charge in [0.1, 0.15) is 11.6 Å². The number of aromatic nitrogens is 1. The van der Waals surface area contributed by atoms with E-state index in [2.05, 4.69) is 21.3 Å². The Labute approximate surface area is 228 Å². The maximum absolute atomic E-state index is 13.4. The Balaban J connectivity index is 0.000000158. The second-order valence-corrected chi connectivity index (χ2v) is 11.9. The van der Waals surface area contributed by atoms with Gasteiger partial charge in [-0.2, -0.15) is 0 Å². The minimum atomic E-state index is -2.64. The van der Waals surface area contributed by atoms with E-state index in [0.717, 1.165) is 63.2 Å². The molecular formula is C31H40F4N4. The number of H-pyrrole nitrogens is 1. The molecule has 4 nitrogen and oxygen atoms in total. The molecule has 1 unspecified atom stereocenters. The number of benzene rings is 2. The molecule has 0 amide bonds. The largest absolute Gasteiger partial charge is 0.371 e. The third kappa shape index (κ3) is 6.77. The molecule has 1 aromatic heterocycles. The van der Waals surface area contributed by atoms with Gasteiger partial charge >= 0.3 is 0 Å². The van der Waals surface area contributed by atoms with Crippen LogP contribution in [0.2, 0.25) is 0 Å². The van der Waals surface area contributed by atoms with Crippen molar-refractivity contribution in [2.45, 2.75) is 70.9 Å². The van der Waals surface area contributed by atoms with Crippen molar-refractivity contribution in [3.63, 3.8) is 0 Å². The number of anilines is 1. The topological polar surface area (TPSA) is 34.3 Å². The van der Waals surface area contributed by atoms with Gasteiger partial charge in [-0.05, 0) is 87.7 Å². The van der Waals surface area contributed by atoms with Gasteiger partial charge in [0, 0.05) is 61.0 Å². The van der Waals surface area contributed by atoms with Gasteiger partial charge in [0.25, 0.3) is 5.92 Å². The maximum atomic E-state index is 13.4. The smallest absolute Gasteiger partial charge is 0.257 e. The average molecular weight is 545 g/mol. The van der Waals surface area contributed by atoms with Crippen LogP contribution in [0, 0.1) is 17.0 Å². The lowest BCUT2D eigenvalue weighted by Crippen LogP contribution is -2.44. The molecule has 3 aliphatic heterocycles. The van der Waals surface area contributed by atoms with Gasteiger partial charge in [-0.1, -0.05) is 18.2 Å². The minimum absolute atomic E-state index is 0.150. The van der Waals surface area contributed by atoms with Crippen LogP contribution >= 0.6 is 0 Å². The van der Waals surface area contributed by atoms with Crippen molar-refractivity contribution in [3.05, 3.63) is 65.4 Å². The van der Waals surface area contributed by atoms with Crippen LogP contribution in [0.1, 0.15) is 57.2 Å². The highest BCUT2D eigenvalue weighted by molar-refractivity contribution is 5.84. The Morgan fingerprint density at radius 2 is 1.69 bits per heavy atom. The predicted octanol–water partition coefficient (Wildman–Crippen LogP) is 6.89. The van der Waals surface area contributed by atoms with E-state index in [9.17, 15) is 17.6 Å². The summed E-state index contributed by atoms with van der Waals surface area (Å²) >= 11 is 0. The zero-order valence-electron chi connectivity index (χ0n) is 23.0. The van der Waals surface area contributed by atoms with Gasteiger partial charge in [-0.25, -0.2) is 17.6 Å². The van der Waals surface area contributed by atoms with Crippen LogP contribution in [-0.4, -0.2) is 54.6 Å². The quantitative estimate of drug-likeness (QED) is 0.352. The summed E-state index contributed by atoms with van der Waals surface area (Å²) in [5.74, 6) is -3.61. The number of aromatic amines is 1. The van der Waals surface area contributed by atoms with E-state index >= 15 is 0 Å². The molecule has 0 bridgehead atoms. The molecule has 0 aliphatic carbocycles. The van der Waals surface area contributed by atoms with Crippen molar-refractivity contribution in [1.82, 2.24) is 15.2 Å². The molecule has 2 aromatic carbocycles. The number of alkyl halides is 2. The molecule has 0 radical (unpaired) electrons. The van der Waals surface area contributed by atoms with Crippen molar-refractivity contribution in [2.24, 2.45) is 5.41 Å². The number of halogens is 4. The van der Waals surface area contributed by atoms with Crippen molar-refractivity contribution in [1.29, 1.82) is 0 Å². The first-order chi connectivity index (χ1) is 18.6. The van der Waals surface area contributed by atoms with Crippen molar-refractivity contribution >= 4 is 16.6 Å². The standard InChI is InChI=1S/C16H22F2N2.C15H18F2N2/c17-13-9-14(18)11-15(10-13)20-8-5-16(12-20)3-1-6-19-7-2-4-16;1-10-7-12-11-5-3-4-6-13(11)18-14(12)8-19(10)9-15(2,16)17/h9-11,19H,1-8,12H2;3-6,10,18H,7-9H2,1-2H3. The molecule has 39 heavy (non-hydrogen) atoms. The fourth-order valence-corrected chi connectivity index (χ4v) is 6.69. The lowest BCUT2D eigenvalue weighted by molar-refractivity contribution is -0.0293. The van der Waals surface area contributed by atoms with Crippen LogP contribution in [0.25, 0.3) is 10.9 Å². The average Bonchev–Trinajstić information content (AvgIpc) is 3.43. The Kier molecular flexibility index (Phi) is 8.24. The van der Waals surface area contributed by atoms with E-state index in [1.165, 1.54) is 48.8 Å². The van der Waals surface area contributed by atoms with E-state index in [-0.39, 0.29) is 12.6 Å². The Hall–Kier alpha value is -2.58. The molecule has 2 saturated heterocycles. The third-order valence-electron chi connectivity index (χ3n) is 8.64. The van der Waals surface area contributed by atoms with Gasteiger partial charge in [0.05, 0.1) is 6.54 Å². The molecule has 3 aliphatic rings. The third-order valence-corrected chi connectivity index (χ3v) is 8.64. The molecule has 212 valence electrons. The van der Waals surface area contributed by atoms with Crippen molar-refractivity contribution < 1.29 is 17.6 Å². The first-order valence-corrected chi connectivity index (χ1v) is 14.2. The number of rotatable bonds is 3.